The molecular formula is C16H24ClNO4S. The van der Waals surface area contributed by atoms with E-state index < -0.39 is 9.84 Å². The zero-order valence-electron chi connectivity index (χ0n) is 13.8. The number of sulfone groups is 1. The van der Waals surface area contributed by atoms with Gasteiger partial charge in [-0.15, -0.1) is 0 Å². The number of benzene rings is 1. The predicted molar refractivity (Wildman–Crippen MR) is 92.3 cm³/mol. The molecule has 2 rings (SSSR count). The zero-order valence-corrected chi connectivity index (χ0v) is 15.4. The highest BCUT2D eigenvalue weighted by Gasteiger charge is 2.23. The van der Waals surface area contributed by atoms with Gasteiger partial charge in [-0.1, -0.05) is 11.6 Å². The summed E-state index contributed by atoms with van der Waals surface area (Å²) in [5, 5.41) is 0.654. The number of methoxy groups -OCH3 is 2. The van der Waals surface area contributed by atoms with Gasteiger partial charge in [0.2, 0.25) is 0 Å². The number of rotatable bonds is 6. The van der Waals surface area contributed by atoms with Crippen LogP contribution in [0.3, 0.4) is 0 Å². The summed E-state index contributed by atoms with van der Waals surface area (Å²) in [5.41, 5.74) is 0.992. The standard InChI is InChI=1S/C16H24ClNO4S/c1-21-15-8-13(14(17)9-16(15)22-2)10-18-6-4-12(5-7-18)11-23(3,19)20/h8-9,12H,4-7,10-11H2,1-3H3. The van der Waals surface area contributed by atoms with Gasteiger partial charge in [-0.05, 0) is 43.5 Å². The molecule has 1 aliphatic rings. The Morgan fingerprint density at radius 3 is 2.26 bits per heavy atom. The van der Waals surface area contributed by atoms with Crippen molar-refractivity contribution in [2.45, 2.75) is 19.4 Å². The van der Waals surface area contributed by atoms with Crippen LogP contribution in [0.2, 0.25) is 5.02 Å². The Hall–Kier alpha value is -0.980. The lowest BCUT2D eigenvalue weighted by atomic mass is 9.98. The Labute approximate surface area is 143 Å². The number of halogens is 1. The van der Waals surface area contributed by atoms with Gasteiger partial charge in [-0.2, -0.15) is 0 Å². The van der Waals surface area contributed by atoms with Crippen molar-refractivity contribution in [1.29, 1.82) is 0 Å². The average molecular weight is 362 g/mol. The fourth-order valence-corrected chi connectivity index (χ4v) is 4.40. The van der Waals surface area contributed by atoms with Crippen molar-refractivity contribution in [3.05, 3.63) is 22.7 Å². The van der Waals surface area contributed by atoms with Gasteiger partial charge < -0.3 is 9.47 Å². The first kappa shape index (κ1) is 18.4. The predicted octanol–water partition coefficient (Wildman–Crippen LogP) is 2.61. The van der Waals surface area contributed by atoms with Crippen molar-refractivity contribution < 1.29 is 17.9 Å². The zero-order chi connectivity index (χ0) is 17.0. The van der Waals surface area contributed by atoms with Crippen molar-refractivity contribution in [1.82, 2.24) is 4.90 Å². The van der Waals surface area contributed by atoms with Crippen LogP contribution in [0, 0.1) is 5.92 Å². The van der Waals surface area contributed by atoms with Crippen LogP contribution >= 0.6 is 11.6 Å². The number of likely N-dealkylation sites (tertiary alicyclic amines) is 1. The van der Waals surface area contributed by atoms with E-state index in [0.29, 0.717) is 16.5 Å². The van der Waals surface area contributed by atoms with Crippen molar-refractivity contribution >= 4 is 21.4 Å². The molecule has 130 valence electrons. The van der Waals surface area contributed by atoms with E-state index in [2.05, 4.69) is 4.90 Å². The minimum Gasteiger partial charge on any atom is -0.493 e. The van der Waals surface area contributed by atoms with Crippen LogP contribution in [-0.4, -0.2) is 52.6 Å². The van der Waals surface area contributed by atoms with Gasteiger partial charge in [0.1, 0.15) is 9.84 Å². The molecule has 0 aromatic heterocycles. The van der Waals surface area contributed by atoms with Crippen LogP contribution in [0.1, 0.15) is 18.4 Å². The van der Waals surface area contributed by atoms with Gasteiger partial charge in [0, 0.05) is 23.9 Å². The molecule has 1 saturated heterocycles. The summed E-state index contributed by atoms with van der Waals surface area (Å²) >= 11 is 6.33. The Bertz CT molecular complexity index is 640. The minimum absolute atomic E-state index is 0.266. The van der Waals surface area contributed by atoms with E-state index in [4.69, 9.17) is 21.1 Å². The van der Waals surface area contributed by atoms with Gasteiger partial charge in [0.25, 0.3) is 0 Å². The lowest BCUT2D eigenvalue weighted by molar-refractivity contribution is 0.186. The largest absolute Gasteiger partial charge is 0.493 e. The fraction of sp³-hybridized carbons (Fsp3) is 0.625. The van der Waals surface area contributed by atoms with Crippen LogP contribution in [0.15, 0.2) is 12.1 Å². The Morgan fingerprint density at radius 1 is 1.17 bits per heavy atom. The van der Waals surface area contributed by atoms with Crippen molar-refractivity contribution in [2.75, 3.05) is 39.3 Å². The maximum Gasteiger partial charge on any atom is 0.162 e. The molecule has 1 aromatic carbocycles. The number of piperidine rings is 1. The molecule has 1 heterocycles. The van der Waals surface area contributed by atoms with Gasteiger partial charge in [0.05, 0.1) is 20.0 Å². The summed E-state index contributed by atoms with van der Waals surface area (Å²) in [6, 6.07) is 3.68. The highest BCUT2D eigenvalue weighted by Crippen LogP contribution is 2.34. The summed E-state index contributed by atoms with van der Waals surface area (Å²) in [4.78, 5) is 2.30. The highest BCUT2D eigenvalue weighted by molar-refractivity contribution is 7.90. The summed E-state index contributed by atoms with van der Waals surface area (Å²) in [5.74, 6) is 1.84. The number of ether oxygens (including phenoxy) is 2. The third-order valence-corrected chi connectivity index (χ3v) is 5.62. The van der Waals surface area contributed by atoms with E-state index in [1.165, 1.54) is 6.26 Å². The van der Waals surface area contributed by atoms with E-state index in [1.807, 2.05) is 6.07 Å². The van der Waals surface area contributed by atoms with Gasteiger partial charge in [-0.3, -0.25) is 4.90 Å². The molecule has 0 amide bonds. The molecule has 1 fully saturated rings. The SMILES string of the molecule is COc1cc(Cl)c(CN2CCC(CS(C)(=O)=O)CC2)cc1OC. The molecule has 0 saturated carbocycles. The normalized spacial score (nSPS) is 17.2. The maximum atomic E-state index is 11.4. The first-order chi connectivity index (χ1) is 10.8. The van der Waals surface area contributed by atoms with E-state index in [1.54, 1.807) is 20.3 Å². The second-order valence-electron chi connectivity index (χ2n) is 6.11. The molecule has 0 aliphatic carbocycles. The van der Waals surface area contributed by atoms with Crippen molar-refractivity contribution in [2.24, 2.45) is 5.92 Å². The molecule has 0 atom stereocenters. The topological polar surface area (TPSA) is 55.8 Å². The third-order valence-electron chi connectivity index (χ3n) is 4.19. The van der Waals surface area contributed by atoms with E-state index >= 15 is 0 Å². The minimum atomic E-state index is -2.89. The maximum absolute atomic E-state index is 11.4. The van der Waals surface area contributed by atoms with Gasteiger partial charge in [0.15, 0.2) is 11.5 Å². The lowest BCUT2D eigenvalue weighted by Crippen LogP contribution is -2.35. The molecular weight excluding hydrogens is 338 g/mol. The number of nitrogens with zero attached hydrogens (tertiary/aromatic N) is 1. The molecule has 5 nitrogen and oxygen atoms in total. The Morgan fingerprint density at radius 2 is 1.74 bits per heavy atom. The van der Waals surface area contributed by atoms with Crippen molar-refractivity contribution in [3.8, 4) is 11.5 Å². The molecule has 1 aromatic rings. The molecule has 0 spiro atoms. The average Bonchev–Trinajstić information content (AvgIpc) is 2.49. The molecule has 0 N–H and O–H groups in total. The molecule has 0 radical (unpaired) electrons. The van der Waals surface area contributed by atoms with Crippen LogP contribution in [0.5, 0.6) is 11.5 Å². The molecule has 23 heavy (non-hydrogen) atoms. The summed E-state index contributed by atoms with van der Waals surface area (Å²) in [7, 11) is 0.294. The van der Waals surface area contributed by atoms with E-state index in [9.17, 15) is 8.42 Å². The van der Waals surface area contributed by atoms with E-state index in [-0.39, 0.29) is 11.7 Å². The van der Waals surface area contributed by atoms with Crippen LogP contribution in [0.25, 0.3) is 0 Å². The van der Waals surface area contributed by atoms with Crippen LogP contribution in [-0.2, 0) is 16.4 Å². The first-order valence-corrected chi connectivity index (χ1v) is 10.1. The summed E-state index contributed by atoms with van der Waals surface area (Å²) in [6.45, 7) is 2.49. The van der Waals surface area contributed by atoms with Crippen LogP contribution < -0.4 is 9.47 Å². The van der Waals surface area contributed by atoms with Crippen molar-refractivity contribution in [3.63, 3.8) is 0 Å². The quantitative estimate of drug-likeness (QED) is 0.779. The number of hydrogen-bond donors (Lipinski definition) is 0. The second-order valence-corrected chi connectivity index (χ2v) is 8.70. The lowest BCUT2D eigenvalue weighted by Gasteiger charge is -2.31. The monoisotopic (exact) mass is 361 g/mol. The van der Waals surface area contributed by atoms with Gasteiger partial charge in [-0.25, -0.2) is 8.42 Å². The van der Waals surface area contributed by atoms with E-state index in [0.717, 1.165) is 38.0 Å². The molecule has 0 bridgehead atoms. The third kappa shape index (κ3) is 5.26. The second kappa shape index (κ2) is 7.73. The smallest absolute Gasteiger partial charge is 0.162 e. The fourth-order valence-electron chi connectivity index (χ4n) is 3.00. The summed E-state index contributed by atoms with van der Waals surface area (Å²) in [6.07, 6.45) is 3.11. The number of hydrogen-bond acceptors (Lipinski definition) is 5. The first-order valence-electron chi connectivity index (χ1n) is 7.63. The molecule has 0 unspecified atom stereocenters. The molecule has 7 heteroatoms. The Balaban J connectivity index is 1.99. The van der Waals surface area contributed by atoms with Gasteiger partial charge >= 0.3 is 0 Å². The van der Waals surface area contributed by atoms with Crippen LogP contribution in [0.4, 0.5) is 0 Å². The summed E-state index contributed by atoms with van der Waals surface area (Å²) < 4.78 is 33.3. The Kier molecular flexibility index (Phi) is 6.17. The molecule has 1 aliphatic heterocycles. The highest BCUT2D eigenvalue weighted by atomic mass is 35.5.